The molecule has 25 heavy (non-hydrogen) atoms. The Bertz CT molecular complexity index is 670. The summed E-state index contributed by atoms with van der Waals surface area (Å²) >= 11 is 1.78. The Kier molecular flexibility index (Phi) is 10.2. The van der Waals surface area contributed by atoms with Crippen LogP contribution in [0.3, 0.4) is 0 Å². The number of nitrogens with zero attached hydrogens (tertiary/aromatic N) is 2. The van der Waals surface area contributed by atoms with Gasteiger partial charge in [-0.3, -0.25) is 4.99 Å². The first kappa shape index (κ1) is 21.5. The summed E-state index contributed by atoms with van der Waals surface area (Å²) in [5.41, 5.74) is 0.995. The fourth-order valence-electron chi connectivity index (χ4n) is 1.90. The Balaban J connectivity index is 0.00000312. The maximum Gasteiger partial charge on any atom is 0.219 e. The molecule has 0 bridgehead atoms. The lowest BCUT2D eigenvalue weighted by Crippen LogP contribution is -2.37. The number of benzene rings is 1. The second-order valence-electron chi connectivity index (χ2n) is 4.91. The van der Waals surface area contributed by atoms with Crippen LogP contribution in [0, 0.1) is 5.82 Å². The van der Waals surface area contributed by atoms with E-state index in [0.29, 0.717) is 18.2 Å². The zero-order valence-electron chi connectivity index (χ0n) is 14.2. The van der Waals surface area contributed by atoms with Crippen LogP contribution in [0.15, 0.2) is 47.6 Å². The lowest BCUT2D eigenvalue weighted by molar-refractivity contribution is 0.457. The monoisotopic (exact) mass is 476 g/mol. The minimum atomic E-state index is -0.339. The number of guanidine groups is 1. The van der Waals surface area contributed by atoms with Gasteiger partial charge in [0.15, 0.2) is 5.96 Å². The summed E-state index contributed by atoms with van der Waals surface area (Å²) in [5, 5.41) is 6.45. The first-order chi connectivity index (χ1) is 11.7. The van der Waals surface area contributed by atoms with E-state index in [2.05, 4.69) is 26.9 Å². The molecule has 0 atom stereocenters. The van der Waals surface area contributed by atoms with E-state index >= 15 is 0 Å². The fourth-order valence-corrected chi connectivity index (χ4v) is 2.21. The molecule has 0 aliphatic rings. The second kappa shape index (κ2) is 11.9. The molecule has 2 aromatic rings. The summed E-state index contributed by atoms with van der Waals surface area (Å²) < 4.78 is 18.6. The van der Waals surface area contributed by atoms with Gasteiger partial charge in [-0.05, 0) is 24.0 Å². The van der Waals surface area contributed by atoms with Crippen molar-refractivity contribution >= 4 is 41.7 Å². The van der Waals surface area contributed by atoms with Crippen LogP contribution in [0.25, 0.3) is 0 Å². The van der Waals surface area contributed by atoms with Gasteiger partial charge in [0.1, 0.15) is 11.6 Å². The lowest BCUT2D eigenvalue weighted by Gasteiger charge is -2.11. The number of thioether (sulfide) groups is 1. The Labute approximate surface area is 168 Å². The molecule has 0 saturated heterocycles. The number of ether oxygens (including phenoxy) is 1. The van der Waals surface area contributed by atoms with E-state index in [1.807, 2.05) is 6.07 Å². The van der Waals surface area contributed by atoms with Gasteiger partial charge >= 0.3 is 0 Å². The van der Waals surface area contributed by atoms with Gasteiger partial charge in [0.2, 0.25) is 5.88 Å². The molecule has 2 rings (SSSR count). The van der Waals surface area contributed by atoms with Crippen LogP contribution >= 0.6 is 35.7 Å². The number of pyridine rings is 1. The molecule has 0 fully saturated rings. The Morgan fingerprint density at radius 3 is 2.76 bits per heavy atom. The van der Waals surface area contributed by atoms with Crippen LogP contribution in [-0.2, 0) is 6.54 Å². The highest BCUT2D eigenvalue weighted by Crippen LogP contribution is 2.19. The van der Waals surface area contributed by atoms with Gasteiger partial charge in [-0.15, -0.1) is 24.0 Å². The van der Waals surface area contributed by atoms with E-state index in [1.54, 1.807) is 43.2 Å². The standard InChI is InChI=1S/C17H21FN4OS.HI/c1-19-17(20-8-9-24-2)22-12-13-6-7-16(21-11-13)23-15-5-3-4-14(18)10-15;/h3-7,10-11H,8-9,12H2,1-2H3,(H2,19,20,22);1H. The number of halogens is 2. The first-order valence-corrected chi connectivity index (χ1v) is 8.92. The molecular weight excluding hydrogens is 454 g/mol. The number of aliphatic imine (C=N–C) groups is 1. The van der Waals surface area contributed by atoms with Gasteiger partial charge in [0.25, 0.3) is 0 Å². The van der Waals surface area contributed by atoms with Gasteiger partial charge in [-0.1, -0.05) is 12.1 Å². The van der Waals surface area contributed by atoms with Gasteiger partial charge in [0.05, 0.1) is 0 Å². The van der Waals surface area contributed by atoms with Crippen molar-refractivity contribution in [1.82, 2.24) is 15.6 Å². The Morgan fingerprint density at radius 1 is 1.28 bits per heavy atom. The largest absolute Gasteiger partial charge is 0.439 e. The van der Waals surface area contributed by atoms with Crippen LogP contribution in [-0.4, -0.2) is 36.5 Å². The van der Waals surface area contributed by atoms with Crippen molar-refractivity contribution in [1.29, 1.82) is 0 Å². The Morgan fingerprint density at radius 2 is 2.12 bits per heavy atom. The zero-order chi connectivity index (χ0) is 17.2. The van der Waals surface area contributed by atoms with Gasteiger partial charge in [0, 0.05) is 44.2 Å². The molecule has 5 nitrogen and oxygen atoms in total. The number of hydrogen-bond donors (Lipinski definition) is 2. The third-order valence-corrected chi connectivity index (χ3v) is 3.71. The van der Waals surface area contributed by atoms with Crippen LogP contribution in [0.4, 0.5) is 4.39 Å². The molecule has 1 heterocycles. The molecule has 0 aliphatic carbocycles. The summed E-state index contributed by atoms with van der Waals surface area (Å²) in [4.78, 5) is 8.40. The van der Waals surface area contributed by atoms with E-state index in [0.717, 1.165) is 23.8 Å². The van der Waals surface area contributed by atoms with Crippen molar-refractivity contribution in [3.63, 3.8) is 0 Å². The second-order valence-corrected chi connectivity index (χ2v) is 5.90. The molecular formula is C17H22FIN4OS. The molecule has 136 valence electrons. The minimum absolute atomic E-state index is 0. The van der Waals surface area contributed by atoms with Crippen LogP contribution in [0.2, 0.25) is 0 Å². The van der Waals surface area contributed by atoms with Crippen LogP contribution in [0.5, 0.6) is 11.6 Å². The third-order valence-electron chi connectivity index (χ3n) is 3.10. The molecule has 2 N–H and O–H groups in total. The van der Waals surface area contributed by atoms with Crippen molar-refractivity contribution in [3.8, 4) is 11.6 Å². The molecule has 0 unspecified atom stereocenters. The third kappa shape index (κ3) is 7.91. The maximum absolute atomic E-state index is 13.1. The van der Waals surface area contributed by atoms with Gasteiger partial charge in [-0.25, -0.2) is 9.37 Å². The normalized spacial score (nSPS) is 10.8. The summed E-state index contributed by atoms with van der Waals surface area (Å²) in [5.74, 6) is 2.28. The van der Waals surface area contributed by atoms with Crippen molar-refractivity contribution in [2.45, 2.75) is 6.54 Å². The van der Waals surface area contributed by atoms with Crippen LogP contribution in [0.1, 0.15) is 5.56 Å². The highest BCUT2D eigenvalue weighted by molar-refractivity contribution is 14.0. The quantitative estimate of drug-likeness (QED) is 0.277. The number of rotatable bonds is 7. The molecule has 0 radical (unpaired) electrons. The van der Waals surface area contributed by atoms with Crippen molar-refractivity contribution in [2.24, 2.45) is 4.99 Å². The van der Waals surface area contributed by atoms with Crippen molar-refractivity contribution in [3.05, 3.63) is 54.0 Å². The van der Waals surface area contributed by atoms with Crippen molar-refractivity contribution in [2.75, 3.05) is 25.6 Å². The number of hydrogen-bond acceptors (Lipinski definition) is 4. The molecule has 0 spiro atoms. The molecule has 0 amide bonds. The summed E-state index contributed by atoms with van der Waals surface area (Å²) in [6.07, 6.45) is 3.79. The minimum Gasteiger partial charge on any atom is -0.439 e. The highest BCUT2D eigenvalue weighted by Gasteiger charge is 2.02. The molecule has 1 aromatic heterocycles. The van der Waals surface area contributed by atoms with E-state index in [9.17, 15) is 4.39 Å². The highest BCUT2D eigenvalue weighted by atomic mass is 127. The lowest BCUT2D eigenvalue weighted by atomic mass is 10.3. The van der Waals surface area contributed by atoms with Crippen LogP contribution < -0.4 is 15.4 Å². The van der Waals surface area contributed by atoms with E-state index < -0.39 is 0 Å². The topological polar surface area (TPSA) is 58.5 Å². The number of aromatic nitrogens is 1. The molecule has 8 heteroatoms. The predicted octanol–water partition coefficient (Wildman–Crippen LogP) is 3.66. The van der Waals surface area contributed by atoms with E-state index in [1.165, 1.54) is 12.1 Å². The molecule has 0 saturated carbocycles. The number of nitrogens with one attached hydrogen (secondary N) is 2. The average Bonchev–Trinajstić information content (AvgIpc) is 2.59. The SMILES string of the molecule is CN=C(NCCSC)NCc1ccc(Oc2cccc(F)c2)nc1.I. The predicted molar refractivity (Wildman–Crippen MR) is 113 cm³/mol. The van der Waals surface area contributed by atoms with Gasteiger partial charge < -0.3 is 15.4 Å². The van der Waals surface area contributed by atoms with E-state index in [-0.39, 0.29) is 29.8 Å². The summed E-state index contributed by atoms with van der Waals surface area (Å²) in [6.45, 7) is 1.46. The average molecular weight is 476 g/mol. The fraction of sp³-hybridized carbons (Fsp3) is 0.294. The maximum atomic E-state index is 13.1. The zero-order valence-corrected chi connectivity index (χ0v) is 17.3. The molecule has 1 aromatic carbocycles. The smallest absolute Gasteiger partial charge is 0.219 e. The van der Waals surface area contributed by atoms with Crippen molar-refractivity contribution < 1.29 is 9.13 Å². The summed E-state index contributed by atoms with van der Waals surface area (Å²) in [7, 11) is 1.74. The van der Waals surface area contributed by atoms with Gasteiger partial charge in [-0.2, -0.15) is 11.8 Å². The first-order valence-electron chi connectivity index (χ1n) is 7.53. The van der Waals surface area contributed by atoms with E-state index in [4.69, 9.17) is 4.74 Å². The summed E-state index contributed by atoms with van der Waals surface area (Å²) in [6, 6.07) is 9.63. The molecule has 0 aliphatic heterocycles. The Hall–Kier alpha value is -1.55.